The Kier molecular flexibility index (Phi) is 6.97. The van der Waals surface area contributed by atoms with E-state index in [2.05, 4.69) is 10.5 Å². The Hall–Kier alpha value is -3.55. The molecule has 0 saturated carbocycles. The number of nitrogens with zero attached hydrogens (tertiary/aromatic N) is 1. The van der Waals surface area contributed by atoms with E-state index in [1.54, 1.807) is 6.07 Å². The summed E-state index contributed by atoms with van der Waals surface area (Å²) >= 11 is 0. The van der Waals surface area contributed by atoms with Gasteiger partial charge in [-0.05, 0) is 49.2 Å². The van der Waals surface area contributed by atoms with Crippen LogP contribution in [0, 0.1) is 13.8 Å². The summed E-state index contributed by atoms with van der Waals surface area (Å²) in [6.45, 7) is 3.65. The molecule has 0 saturated heterocycles. The van der Waals surface area contributed by atoms with Gasteiger partial charge in [0.15, 0.2) is 18.1 Å². The van der Waals surface area contributed by atoms with E-state index in [9.17, 15) is 14.7 Å². The number of carboxylic acid groups (broad SMARTS) is 1. The number of ether oxygens (including phenoxy) is 3. The molecule has 0 aliphatic carbocycles. The van der Waals surface area contributed by atoms with Crippen molar-refractivity contribution in [1.29, 1.82) is 0 Å². The number of methoxy groups -OCH3 is 2. The molecule has 8 nitrogen and oxygen atoms in total. The summed E-state index contributed by atoms with van der Waals surface area (Å²) in [6.07, 6.45) is 1.22. The van der Waals surface area contributed by atoms with Gasteiger partial charge in [0.2, 0.25) is 0 Å². The normalized spacial score (nSPS) is 10.6. The largest absolute Gasteiger partial charge is 0.493 e. The van der Waals surface area contributed by atoms with E-state index in [-0.39, 0.29) is 29.2 Å². The van der Waals surface area contributed by atoms with Gasteiger partial charge in [0, 0.05) is 5.56 Å². The van der Waals surface area contributed by atoms with E-state index in [0.29, 0.717) is 5.75 Å². The lowest BCUT2D eigenvalue weighted by Crippen LogP contribution is -2.24. The van der Waals surface area contributed by atoms with E-state index in [0.717, 1.165) is 11.1 Å². The fraction of sp³-hybridized carbons (Fsp3) is 0.250. The minimum absolute atomic E-state index is 0.0726. The highest BCUT2D eigenvalue weighted by Gasteiger charge is 2.20. The van der Waals surface area contributed by atoms with E-state index in [4.69, 9.17) is 14.2 Å². The van der Waals surface area contributed by atoms with Crippen LogP contribution in [0.2, 0.25) is 0 Å². The van der Waals surface area contributed by atoms with Crippen molar-refractivity contribution in [3.63, 3.8) is 0 Å². The number of carboxylic acids is 1. The molecular formula is C20H22N2O6. The molecule has 0 spiro atoms. The van der Waals surface area contributed by atoms with Crippen LogP contribution in [0.25, 0.3) is 0 Å². The molecule has 8 heteroatoms. The van der Waals surface area contributed by atoms with Crippen molar-refractivity contribution in [2.24, 2.45) is 5.10 Å². The van der Waals surface area contributed by atoms with Gasteiger partial charge < -0.3 is 19.3 Å². The number of aromatic carboxylic acids is 1. The van der Waals surface area contributed by atoms with Crippen molar-refractivity contribution in [3.05, 3.63) is 52.6 Å². The molecule has 0 bridgehead atoms. The van der Waals surface area contributed by atoms with Gasteiger partial charge in [0.1, 0.15) is 11.3 Å². The van der Waals surface area contributed by atoms with E-state index in [1.165, 1.54) is 26.5 Å². The van der Waals surface area contributed by atoms with E-state index < -0.39 is 11.9 Å². The van der Waals surface area contributed by atoms with E-state index in [1.807, 2.05) is 32.0 Å². The number of hydrogen-bond donors (Lipinski definition) is 2. The SMILES string of the molecule is COc1ccc(/C=N\NC(=O)COc2cc(C)cc(C)c2)c(C(=O)O)c1OC. The molecule has 0 aliphatic rings. The van der Waals surface area contributed by atoms with Crippen molar-refractivity contribution >= 4 is 18.1 Å². The summed E-state index contributed by atoms with van der Waals surface area (Å²) in [5, 5.41) is 13.3. The molecule has 148 valence electrons. The van der Waals surface area contributed by atoms with Crippen molar-refractivity contribution < 1.29 is 28.9 Å². The molecule has 2 aromatic carbocycles. The first-order valence-electron chi connectivity index (χ1n) is 8.37. The fourth-order valence-electron chi connectivity index (χ4n) is 2.64. The van der Waals surface area contributed by atoms with Crippen LogP contribution in [0.4, 0.5) is 0 Å². The molecule has 0 atom stereocenters. The predicted molar refractivity (Wildman–Crippen MR) is 104 cm³/mol. The number of hydrogen-bond acceptors (Lipinski definition) is 6. The Balaban J connectivity index is 2.05. The lowest BCUT2D eigenvalue weighted by molar-refractivity contribution is -0.123. The standard InChI is InChI=1S/C20H22N2O6/c1-12-7-13(2)9-15(8-12)28-11-17(23)22-21-10-14-5-6-16(26-3)19(27-4)18(14)20(24)25/h5-10H,11H2,1-4H3,(H,22,23)(H,24,25)/b21-10-. The first kappa shape index (κ1) is 20.8. The molecule has 0 radical (unpaired) electrons. The minimum atomic E-state index is -1.21. The molecule has 0 aromatic heterocycles. The zero-order chi connectivity index (χ0) is 20.7. The third-order valence-corrected chi connectivity index (χ3v) is 3.75. The monoisotopic (exact) mass is 386 g/mol. The number of rotatable bonds is 8. The summed E-state index contributed by atoms with van der Waals surface area (Å²) < 4.78 is 15.7. The predicted octanol–water partition coefficient (Wildman–Crippen LogP) is 2.55. The third-order valence-electron chi connectivity index (χ3n) is 3.75. The molecule has 0 heterocycles. The van der Waals surface area contributed by atoms with Crippen LogP contribution in [0.5, 0.6) is 17.2 Å². The second kappa shape index (κ2) is 9.40. The molecule has 2 aromatic rings. The maximum atomic E-state index is 11.9. The Morgan fingerprint density at radius 2 is 1.79 bits per heavy atom. The fourth-order valence-corrected chi connectivity index (χ4v) is 2.64. The highest BCUT2D eigenvalue weighted by molar-refractivity contribution is 6.02. The quantitative estimate of drug-likeness (QED) is 0.533. The van der Waals surface area contributed by atoms with Crippen molar-refractivity contribution in [1.82, 2.24) is 5.43 Å². The van der Waals surface area contributed by atoms with Gasteiger partial charge in [-0.2, -0.15) is 5.10 Å². The number of carbonyl (C=O) groups excluding carboxylic acids is 1. The Morgan fingerprint density at radius 3 is 2.36 bits per heavy atom. The summed E-state index contributed by atoms with van der Waals surface area (Å²) in [5.41, 5.74) is 4.50. The number of amides is 1. The lowest BCUT2D eigenvalue weighted by Gasteiger charge is -2.12. The average Bonchev–Trinajstić information content (AvgIpc) is 2.64. The zero-order valence-electron chi connectivity index (χ0n) is 16.1. The number of nitrogens with one attached hydrogen (secondary N) is 1. The second-order valence-electron chi connectivity index (χ2n) is 5.98. The van der Waals surface area contributed by atoms with Gasteiger partial charge in [0.25, 0.3) is 5.91 Å². The number of hydrazone groups is 1. The maximum Gasteiger partial charge on any atom is 0.340 e. The Morgan fingerprint density at radius 1 is 1.11 bits per heavy atom. The maximum absolute atomic E-state index is 11.9. The van der Waals surface area contributed by atoms with Crippen LogP contribution >= 0.6 is 0 Å². The Bertz CT molecular complexity index is 888. The van der Waals surface area contributed by atoms with Crippen molar-refractivity contribution in [2.75, 3.05) is 20.8 Å². The highest BCUT2D eigenvalue weighted by Crippen LogP contribution is 2.32. The average molecular weight is 386 g/mol. The molecule has 2 N–H and O–H groups in total. The van der Waals surface area contributed by atoms with Gasteiger partial charge in [-0.15, -0.1) is 0 Å². The van der Waals surface area contributed by atoms with Crippen molar-refractivity contribution in [2.45, 2.75) is 13.8 Å². The van der Waals surface area contributed by atoms with Crippen LogP contribution in [0.1, 0.15) is 27.0 Å². The molecule has 0 fully saturated rings. The van der Waals surface area contributed by atoms with Crippen LogP contribution in [0.3, 0.4) is 0 Å². The van der Waals surface area contributed by atoms with Gasteiger partial charge in [-0.25, -0.2) is 10.2 Å². The molecular weight excluding hydrogens is 364 g/mol. The zero-order valence-corrected chi connectivity index (χ0v) is 16.1. The minimum Gasteiger partial charge on any atom is -0.493 e. The van der Waals surface area contributed by atoms with Crippen LogP contribution < -0.4 is 19.6 Å². The van der Waals surface area contributed by atoms with Crippen LogP contribution in [0.15, 0.2) is 35.4 Å². The van der Waals surface area contributed by atoms with Gasteiger partial charge in [-0.3, -0.25) is 4.79 Å². The summed E-state index contributed by atoms with van der Waals surface area (Å²) in [6, 6.07) is 8.71. The lowest BCUT2D eigenvalue weighted by atomic mass is 10.1. The molecule has 28 heavy (non-hydrogen) atoms. The number of carbonyl (C=O) groups is 2. The first-order chi connectivity index (χ1) is 13.3. The summed E-state index contributed by atoms with van der Waals surface area (Å²) in [7, 11) is 2.75. The topological polar surface area (TPSA) is 106 Å². The van der Waals surface area contributed by atoms with Gasteiger partial charge in [0.05, 0.1) is 20.4 Å². The van der Waals surface area contributed by atoms with Gasteiger partial charge >= 0.3 is 5.97 Å². The summed E-state index contributed by atoms with van der Waals surface area (Å²) in [4.78, 5) is 23.5. The highest BCUT2D eigenvalue weighted by atomic mass is 16.5. The number of benzene rings is 2. The summed E-state index contributed by atoms with van der Waals surface area (Å²) in [5.74, 6) is -0.745. The molecule has 1 amide bonds. The second-order valence-corrected chi connectivity index (χ2v) is 5.98. The van der Waals surface area contributed by atoms with Crippen LogP contribution in [-0.4, -0.2) is 44.0 Å². The molecule has 0 unspecified atom stereocenters. The van der Waals surface area contributed by atoms with E-state index >= 15 is 0 Å². The Labute approximate surface area is 162 Å². The number of aryl methyl sites for hydroxylation is 2. The first-order valence-corrected chi connectivity index (χ1v) is 8.37. The van der Waals surface area contributed by atoms with Crippen LogP contribution in [-0.2, 0) is 4.79 Å². The van der Waals surface area contributed by atoms with Crippen molar-refractivity contribution in [3.8, 4) is 17.2 Å². The smallest absolute Gasteiger partial charge is 0.340 e. The third kappa shape index (κ3) is 5.23. The molecule has 0 aliphatic heterocycles. The van der Waals surface area contributed by atoms with Gasteiger partial charge in [-0.1, -0.05) is 6.07 Å². The molecule has 2 rings (SSSR count).